The van der Waals surface area contributed by atoms with E-state index in [9.17, 15) is 0 Å². The van der Waals surface area contributed by atoms with Crippen molar-refractivity contribution in [3.63, 3.8) is 0 Å². The van der Waals surface area contributed by atoms with E-state index in [4.69, 9.17) is 5.73 Å². The average Bonchev–Trinajstić information content (AvgIpc) is 3.01. The smallest absolute Gasteiger partial charge is 0.122 e. The molecule has 110 valence electrons. The first-order valence-electron chi connectivity index (χ1n) is 6.93. The highest BCUT2D eigenvalue weighted by Gasteiger charge is 2.19. The minimum Gasteiger partial charge on any atom is -0.337 e. The molecule has 0 spiro atoms. The van der Waals surface area contributed by atoms with Crippen molar-refractivity contribution in [3.05, 3.63) is 36.2 Å². The van der Waals surface area contributed by atoms with Gasteiger partial charge in [0.1, 0.15) is 5.82 Å². The first-order chi connectivity index (χ1) is 9.52. The molecule has 1 unspecified atom stereocenters. The molecule has 2 aromatic heterocycles. The number of likely N-dealkylation sites (N-methyl/N-ethyl adjacent to an activating group) is 1. The second-order valence-corrected chi connectivity index (χ2v) is 5.47. The summed E-state index contributed by atoms with van der Waals surface area (Å²) in [6.45, 7) is 5.56. The van der Waals surface area contributed by atoms with E-state index in [-0.39, 0.29) is 6.04 Å². The van der Waals surface area contributed by atoms with Crippen LogP contribution in [0.15, 0.2) is 24.8 Å². The summed E-state index contributed by atoms with van der Waals surface area (Å²) in [7, 11) is 4.07. The van der Waals surface area contributed by atoms with E-state index in [0.717, 1.165) is 17.9 Å². The molecule has 0 radical (unpaired) electrons. The lowest BCUT2D eigenvalue weighted by Gasteiger charge is -2.25. The van der Waals surface area contributed by atoms with Crippen LogP contribution in [0.2, 0.25) is 0 Å². The standard InChI is InChI=1S/C14H24N6/c1-11(2)20-9-12(8-17-20)13(7-15)19(4)10-14-16-5-6-18(14)3/h5-6,8-9,11,13H,7,10,15H2,1-4H3. The van der Waals surface area contributed by atoms with Gasteiger partial charge in [-0.05, 0) is 20.9 Å². The molecule has 2 rings (SSSR count). The SMILES string of the molecule is CC(C)n1cc(C(CN)N(C)Cc2nccn2C)cn1. The molecule has 0 aliphatic carbocycles. The molecule has 0 aliphatic heterocycles. The summed E-state index contributed by atoms with van der Waals surface area (Å²) in [6.07, 6.45) is 7.76. The summed E-state index contributed by atoms with van der Waals surface area (Å²) in [6, 6.07) is 0.515. The van der Waals surface area contributed by atoms with Crippen molar-refractivity contribution in [2.45, 2.75) is 32.5 Å². The Kier molecular flexibility index (Phi) is 4.57. The maximum atomic E-state index is 5.95. The molecule has 6 nitrogen and oxygen atoms in total. The van der Waals surface area contributed by atoms with Crippen LogP contribution in [0, 0.1) is 0 Å². The minimum atomic E-state index is 0.152. The molecule has 2 N–H and O–H groups in total. The fourth-order valence-electron chi connectivity index (χ4n) is 2.26. The molecular formula is C14H24N6. The fraction of sp³-hybridized carbons (Fsp3) is 0.571. The molecule has 0 amide bonds. The van der Waals surface area contributed by atoms with Crippen LogP contribution in [-0.4, -0.2) is 37.8 Å². The number of hydrogen-bond donors (Lipinski definition) is 1. The molecular weight excluding hydrogens is 252 g/mol. The van der Waals surface area contributed by atoms with Crippen molar-refractivity contribution in [1.82, 2.24) is 24.2 Å². The topological polar surface area (TPSA) is 64.9 Å². The quantitative estimate of drug-likeness (QED) is 0.864. The van der Waals surface area contributed by atoms with Crippen molar-refractivity contribution < 1.29 is 0 Å². The number of aromatic nitrogens is 4. The highest BCUT2D eigenvalue weighted by atomic mass is 15.3. The largest absolute Gasteiger partial charge is 0.337 e. The molecule has 0 saturated carbocycles. The molecule has 2 heterocycles. The number of imidazole rings is 1. The van der Waals surface area contributed by atoms with Gasteiger partial charge in [-0.1, -0.05) is 0 Å². The Balaban J connectivity index is 2.12. The first-order valence-corrected chi connectivity index (χ1v) is 6.93. The monoisotopic (exact) mass is 276 g/mol. The molecule has 0 fully saturated rings. The number of hydrogen-bond acceptors (Lipinski definition) is 4. The predicted molar refractivity (Wildman–Crippen MR) is 79.1 cm³/mol. The lowest BCUT2D eigenvalue weighted by Crippen LogP contribution is -2.30. The normalized spacial score (nSPS) is 13.3. The van der Waals surface area contributed by atoms with E-state index in [2.05, 4.69) is 42.1 Å². The van der Waals surface area contributed by atoms with Crippen molar-refractivity contribution in [2.75, 3.05) is 13.6 Å². The second-order valence-electron chi connectivity index (χ2n) is 5.47. The van der Waals surface area contributed by atoms with Gasteiger partial charge < -0.3 is 10.3 Å². The van der Waals surface area contributed by atoms with Gasteiger partial charge in [0.2, 0.25) is 0 Å². The van der Waals surface area contributed by atoms with Crippen molar-refractivity contribution in [1.29, 1.82) is 0 Å². The molecule has 0 saturated heterocycles. The Morgan fingerprint density at radius 1 is 1.40 bits per heavy atom. The summed E-state index contributed by atoms with van der Waals surface area (Å²) in [5.74, 6) is 1.03. The minimum absolute atomic E-state index is 0.152. The fourth-order valence-corrected chi connectivity index (χ4v) is 2.26. The molecule has 0 bridgehead atoms. The third-order valence-electron chi connectivity index (χ3n) is 3.60. The second kappa shape index (κ2) is 6.19. The van der Waals surface area contributed by atoms with E-state index in [0.29, 0.717) is 12.6 Å². The first kappa shape index (κ1) is 14.7. The van der Waals surface area contributed by atoms with E-state index in [1.54, 1.807) is 0 Å². The average molecular weight is 276 g/mol. The van der Waals surface area contributed by atoms with E-state index < -0.39 is 0 Å². The number of nitrogens with zero attached hydrogens (tertiary/aromatic N) is 5. The van der Waals surface area contributed by atoms with Crippen LogP contribution >= 0.6 is 0 Å². The number of rotatable bonds is 6. The van der Waals surface area contributed by atoms with E-state index in [1.807, 2.05) is 34.9 Å². The van der Waals surface area contributed by atoms with Crippen molar-refractivity contribution in [3.8, 4) is 0 Å². The van der Waals surface area contributed by atoms with E-state index in [1.165, 1.54) is 0 Å². The zero-order valence-corrected chi connectivity index (χ0v) is 12.7. The zero-order valence-electron chi connectivity index (χ0n) is 12.7. The molecule has 2 aromatic rings. The molecule has 0 aliphatic rings. The molecule has 1 atom stereocenters. The van der Waals surface area contributed by atoms with Crippen LogP contribution in [0.25, 0.3) is 0 Å². The van der Waals surface area contributed by atoms with Crippen molar-refractivity contribution >= 4 is 0 Å². The van der Waals surface area contributed by atoms with Crippen LogP contribution in [-0.2, 0) is 13.6 Å². The van der Waals surface area contributed by atoms with Gasteiger partial charge in [-0.25, -0.2) is 4.98 Å². The van der Waals surface area contributed by atoms with Crippen LogP contribution < -0.4 is 5.73 Å². The summed E-state index contributed by atoms with van der Waals surface area (Å²) in [5.41, 5.74) is 7.10. The Labute approximate surface area is 120 Å². The molecule has 0 aromatic carbocycles. The Hall–Kier alpha value is -1.66. The van der Waals surface area contributed by atoms with Gasteiger partial charge in [-0.2, -0.15) is 5.10 Å². The summed E-state index contributed by atoms with van der Waals surface area (Å²) >= 11 is 0. The Morgan fingerprint density at radius 2 is 2.15 bits per heavy atom. The summed E-state index contributed by atoms with van der Waals surface area (Å²) in [4.78, 5) is 6.57. The molecule has 20 heavy (non-hydrogen) atoms. The van der Waals surface area contributed by atoms with Gasteiger partial charge in [0, 0.05) is 43.8 Å². The van der Waals surface area contributed by atoms with Gasteiger partial charge in [0.15, 0.2) is 0 Å². The van der Waals surface area contributed by atoms with Crippen LogP contribution in [0.4, 0.5) is 0 Å². The number of aryl methyl sites for hydroxylation is 1. The lowest BCUT2D eigenvalue weighted by molar-refractivity contribution is 0.233. The maximum absolute atomic E-state index is 5.95. The zero-order chi connectivity index (χ0) is 14.7. The van der Waals surface area contributed by atoms with Gasteiger partial charge in [-0.15, -0.1) is 0 Å². The van der Waals surface area contributed by atoms with Gasteiger partial charge in [0.05, 0.1) is 18.8 Å². The highest BCUT2D eigenvalue weighted by Crippen LogP contribution is 2.20. The highest BCUT2D eigenvalue weighted by molar-refractivity contribution is 5.12. The third-order valence-corrected chi connectivity index (χ3v) is 3.60. The van der Waals surface area contributed by atoms with Gasteiger partial charge in [-0.3, -0.25) is 9.58 Å². The summed E-state index contributed by atoms with van der Waals surface area (Å²) in [5, 5.41) is 4.40. The Morgan fingerprint density at radius 3 is 2.65 bits per heavy atom. The van der Waals surface area contributed by atoms with E-state index >= 15 is 0 Å². The van der Waals surface area contributed by atoms with Crippen LogP contribution in [0.3, 0.4) is 0 Å². The maximum Gasteiger partial charge on any atom is 0.122 e. The van der Waals surface area contributed by atoms with Crippen LogP contribution in [0.1, 0.15) is 37.3 Å². The molecule has 6 heteroatoms. The van der Waals surface area contributed by atoms with Crippen LogP contribution in [0.5, 0.6) is 0 Å². The summed E-state index contributed by atoms with van der Waals surface area (Å²) < 4.78 is 3.99. The number of nitrogens with two attached hydrogens (primary N) is 1. The van der Waals surface area contributed by atoms with Crippen molar-refractivity contribution in [2.24, 2.45) is 12.8 Å². The predicted octanol–water partition coefficient (Wildman–Crippen LogP) is 1.33. The lowest BCUT2D eigenvalue weighted by atomic mass is 10.1. The Bertz CT molecular complexity index is 541. The van der Waals surface area contributed by atoms with Gasteiger partial charge >= 0.3 is 0 Å². The van der Waals surface area contributed by atoms with Gasteiger partial charge in [0.25, 0.3) is 0 Å². The third kappa shape index (κ3) is 3.08.